The zero-order valence-corrected chi connectivity index (χ0v) is 17.5. The van der Waals surface area contributed by atoms with Gasteiger partial charge >= 0.3 is 0 Å². The summed E-state index contributed by atoms with van der Waals surface area (Å²) in [6, 6.07) is 14.0. The number of piperazine rings is 1. The first kappa shape index (κ1) is 18.8. The van der Waals surface area contributed by atoms with Crippen molar-refractivity contribution in [2.24, 2.45) is 0 Å². The van der Waals surface area contributed by atoms with Gasteiger partial charge in [0.25, 0.3) is 0 Å². The van der Waals surface area contributed by atoms with E-state index in [-0.39, 0.29) is 0 Å². The molecule has 0 aliphatic carbocycles. The Labute approximate surface area is 180 Å². The summed E-state index contributed by atoms with van der Waals surface area (Å²) in [6.07, 6.45) is 3.50. The number of halogens is 1. The minimum Gasteiger partial charge on any atom is -0.353 e. The lowest BCUT2D eigenvalue weighted by Crippen LogP contribution is -2.47. The maximum absolute atomic E-state index is 6.00. The third-order valence-electron chi connectivity index (χ3n) is 5.43. The van der Waals surface area contributed by atoms with Crippen LogP contribution >= 0.6 is 11.6 Å². The van der Waals surface area contributed by atoms with E-state index in [4.69, 9.17) is 11.6 Å². The molecule has 7 nitrogen and oxygen atoms in total. The molecule has 1 saturated heterocycles. The van der Waals surface area contributed by atoms with Crippen LogP contribution in [0.5, 0.6) is 0 Å². The molecule has 0 unspecified atom stereocenters. The summed E-state index contributed by atoms with van der Waals surface area (Å²) in [4.78, 5) is 18.4. The van der Waals surface area contributed by atoms with Gasteiger partial charge in [-0.2, -0.15) is 5.10 Å². The van der Waals surface area contributed by atoms with Crippen molar-refractivity contribution >= 4 is 34.3 Å². The molecule has 1 fully saturated rings. The number of nitrogens with zero attached hydrogens (tertiary/aromatic N) is 7. The van der Waals surface area contributed by atoms with E-state index in [9.17, 15) is 0 Å². The van der Waals surface area contributed by atoms with Crippen molar-refractivity contribution in [3.8, 4) is 0 Å². The Bertz CT molecular complexity index is 1160. The first-order valence-corrected chi connectivity index (χ1v) is 10.4. The van der Waals surface area contributed by atoms with E-state index in [1.54, 1.807) is 6.33 Å². The van der Waals surface area contributed by atoms with Crippen molar-refractivity contribution in [3.63, 3.8) is 0 Å². The van der Waals surface area contributed by atoms with Crippen LogP contribution in [0.4, 0.5) is 11.6 Å². The van der Waals surface area contributed by atoms with Crippen molar-refractivity contribution in [2.75, 3.05) is 36.0 Å². The smallest absolute Gasteiger partial charge is 0.163 e. The highest BCUT2D eigenvalue weighted by molar-refractivity contribution is 6.30. The molecule has 0 bridgehead atoms. The van der Waals surface area contributed by atoms with Crippen LogP contribution in [-0.4, -0.2) is 50.9 Å². The van der Waals surface area contributed by atoms with Crippen molar-refractivity contribution in [3.05, 3.63) is 71.3 Å². The van der Waals surface area contributed by atoms with Gasteiger partial charge in [-0.05, 0) is 36.8 Å². The van der Waals surface area contributed by atoms with E-state index in [0.717, 1.165) is 65.1 Å². The molecule has 4 heterocycles. The van der Waals surface area contributed by atoms with E-state index in [2.05, 4.69) is 42.0 Å². The molecule has 5 rings (SSSR count). The van der Waals surface area contributed by atoms with Crippen LogP contribution in [0.25, 0.3) is 11.0 Å². The fourth-order valence-corrected chi connectivity index (χ4v) is 3.99. The minimum atomic E-state index is 0.643. The van der Waals surface area contributed by atoms with Gasteiger partial charge in [-0.25, -0.2) is 19.6 Å². The lowest BCUT2D eigenvalue weighted by atomic mass is 10.2. The summed E-state index contributed by atoms with van der Waals surface area (Å²) in [7, 11) is 0. The Hall–Kier alpha value is -3.19. The number of anilines is 2. The number of aromatic nitrogens is 5. The number of aryl methyl sites for hydroxylation is 1. The van der Waals surface area contributed by atoms with Crippen LogP contribution in [0.3, 0.4) is 0 Å². The summed E-state index contributed by atoms with van der Waals surface area (Å²) in [5, 5.41) is 6.29. The largest absolute Gasteiger partial charge is 0.353 e. The summed E-state index contributed by atoms with van der Waals surface area (Å²) >= 11 is 6.00. The predicted octanol–water partition coefficient (Wildman–Crippen LogP) is 3.56. The molecule has 1 aliphatic heterocycles. The number of fused-ring (bicyclic) bond motifs is 1. The molecule has 1 aliphatic rings. The molecule has 0 saturated carbocycles. The number of rotatable bonds is 4. The first-order chi connectivity index (χ1) is 14.7. The van der Waals surface area contributed by atoms with Crippen LogP contribution in [0.2, 0.25) is 5.02 Å². The first-order valence-electron chi connectivity index (χ1n) is 10.0. The molecule has 4 aromatic rings. The second kappa shape index (κ2) is 7.91. The monoisotopic (exact) mass is 419 g/mol. The Kier molecular flexibility index (Phi) is 4.96. The predicted molar refractivity (Wildman–Crippen MR) is 119 cm³/mol. The highest BCUT2D eigenvalue weighted by Gasteiger charge is 2.22. The number of pyridine rings is 1. The van der Waals surface area contributed by atoms with Gasteiger partial charge < -0.3 is 9.80 Å². The van der Waals surface area contributed by atoms with Crippen LogP contribution in [0.1, 0.15) is 11.3 Å². The average Bonchev–Trinajstić information content (AvgIpc) is 3.18. The Balaban J connectivity index is 1.35. The maximum Gasteiger partial charge on any atom is 0.163 e. The molecule has 30 heavy (non-hydrogen) atoms. The SMILES string of the molecule is Cc1cccc(N2CCN(c3ncnc4c3cnn4Cc3ccc(Cl)cc3)CC2)n1. The van der Waals surface area contributed by atoms with Crippen LogP contribution < -0.4 is 9.80 Å². The molecular weight excluding hydrogens is 398 g/mol. The molecule has 152 valence electrons. The van der Waals surface area contributed by atoms with Gasteiger partial charge in [0.2, 0.25) is 0 Å². The quantitative estimate of drug-likeness (QED) is 0.504. The number of hydrogen-bond acceptors (Lipinski definition) is 6. The van der Waals surface area contributed by atoms with Crippen LogP contribution in [0, 0.1) is 6.92 Å². The molecule has 8 heteroatoms. The molecule has 0 N–H and O–H groups in total. The Morgan fingerprint density at radius 2 is 1.70 bits per heavy atom. The highest BCUT2D eigenvalue weighted by Crippen LogP contribution is 2.25. The second-order valence-corrected chi connectivity index (χ2v) is 7.91. The Morgan fingerprint density at radius 3 is 2.47 bits per heavy atom. The van der Waals surface area contributed by atoms with Gasteiger partial charge in [-0.3, -0.25) is 0 Å². The Morgan fingerprint density at radius 1 is 0.933 bits per heavy atom. The average molecular weight is 420 g/mol. The normalized spacial score (nSPS) is 14.5. The van der Waals surface area contributed by atoms with Crippen molar-refractivity contribution in [1.82, 2.24) is 24.7 Å². The van der Waals surface area contributed by atoms with Crippen LogP contribution in [-0.2, 0) is 6.54 Å². The van der Waals surface area contributed by atoms with Gasteiger partial charge in [0, 0.05) is 36.9 Å². The summed E-state index contributed by atoms with van der Waals surface area (Å²) in [5.74, 6) is 1.98. The third kappa shape index (κ3) is 3.68. The van der Waals surface area contributed by atoms with E-state index >= 15 is 0 Å². The fraction of sp³-hybridized carbons (Fsp3) is 0.273. The second-order valence-electron chi connectivity index (χ2n) is 7.47. The summed E-state index contributed by atoms with van der Waals surface area (Å²) < 4.78 is 1.91. The maximum atomic E-state index is 6.00. The zero-order chi connectivity index (χ0) is 20.5. The number of benzene rings is 1. The fourth-order valence-electron chi connectivity index (χ4n) is 3.86. The molecule has 1 aromatic carbocycles. The van der Waals surface area contributed by atoms with Gasteiger partial charge in [-0.15, -0.1) is 0 Å². The summed E-state index contributed by atoms with van der Waals surface area (Å²) in [6.45, 7) is 6.24. The van der Waals surface area contributed by atoms with Gasteiger partial charge in [0.15, 0.2) is 5.65 Å². The van der Waals surface area contributed by atoms with E-state index < -0.39 is 0 Å². The zero-order valence-electron chi connectivity index (χ0n) is 16.7. The van der Waals surface area contributed by atoms with E-state index in [0.29, 0.717) is 6.54 Å². The topological polar surface area (TPSA) is 63.0 Å². The van der Waals surface area contributed by atoms with Crippen molar-refractivity contribution in [1.29, 1.82) is 0 Å². The lowest BCUT2D eigenvalue weighted by molar-refractivity contribution is 0.642. The van der Waals surface area contributed by atoms with Crippen molar-refractivity contribution in [2.45, 2.75) is 13.5 Å². The van der Waals surface area contributed by atoms with Gasteiger partial charge in [0.1, 0.15) is 18.0 Å². The standard InChI is InChI=1S/C22H22ClN7/c1-16-3-2-4-20(27-16)28-9-11-29(12-10-28)21-19-13-26-30(22(19)25-15-24-21)14-17-5-7-18(23)8-6-17/h2-8,13,15H,9-12,14H2,1H3. The molecule has 3 aromatic heterocycles. The molecule has 0 atom stereocenters. The van der Waals surface area contributed by atoms with E-state index in [1.165, 1.54) is 0 Å². The molecule has 0 radical (unpaired) electrons. The minimum absolute atomic E-state index is 0.643. The lowest BCUT2D eigenvalue weighted by Gasteiger charge is -2.36. The van der Waals surface area contributed by atoms with E-state index in [1.807, 2.05) is 48.1 Å². The third-order valence-corrected chi connectivity index (χ3v) is 5.69. The number of hydrogen-bond donors (Lipinski definition) is 0. The molecular formula is C22H22ClN7. The molecule has 0 spiro atoms. The highest BCUT2D eigenvalue weighted by atomic mass is 35.5. The summed E-state index contributed by atoms with van der Waals surface area (Å²) in [5.41, 5.74) is 3.02. The van der Waals surface area contributed by atoms with Crippen LogP contribution in [0.15, 0.2) is 55.0 Å². The van der Waals surface area contributed by atoms with Gasteiger partial charge in [0.05, 0.1) is 18.1 Å². The van der Waals surface area contributed by atoms with Gasteiger partial charge in [-0.1, -0.05) is 29.8 Å². The van der Waals surface area contributed by atoms with Crippen molar-refractivity contribution < 1.29 is 0 Å². The molecule has 0 amide bonds.